The van der Waals surface area contributed by atoms with Gasteiger partial charge in [-0.3, -0.25) is 0 Å². The Morgan fingerprint density at radius 3 is 1.28 bits per heavy atom. The van der Waals surface area contributed by atoms with Crippen LogP contribution in [0.4, 0.5) is 0 Å². The van der Waals surface area contributed by atoms with Crippen LogP contribution in [0.25, 0.3) is 78.7 Å². The third kappa shape index (κ3) is 5.69. The number of benzene rings is 7. The Bertz CT molecular complexity index is 2440. The topological polar surface area (TPSA) is 38.7 Å². The molecule has 0 aliphatic heterocycles. The second-order valence-corrected chi connectivity index (χ2v) is 12.4. The lowest BCUT2D eigenvalue weighted by atomic mass is 9.93. The van der Waals surface area contributed by atoms with Crippen molar-refractivity contribution in [2.24, 2.45) is 0 Å². The molecule has 0 N–H and O–H groups in total. The summed E-state index contributed by atoms with van der Waals surface area (Å²) in [5, 5.41) is 0. The smallest absolute Gasteiger partial charge is 0.164 e. The molecule has 0 saturated heterocycles. The number of hydrogen-bond donors (Lipinski definition) is 0. The largest absolute Gasteiger partial charge is 0.208 e. The second kappa shape index (κ2) is 13.2. The molecule has 0 bridgehead atoms. The SMILES string of the molecule is C.c1ccc(-c2ccc(-c3nc(-c4ccccc4)nc(-c4cccc5c4Cc4c(-c6cccc(-c7ccccc7)c6)cccc4-5)n3)cc2)cc1. The molecular weight excluding hydrogens is 607 g/mol. The van der Waals surface area contributed by atoms with Crippen LogP contribution in [-0.2, 0) is 6.42 Å². The Morgan fingerprint density at radius 1 is 0.280 bits per heavy atom. The van der Waals surface area contributed by atoms with Crippen LogP contribution in [0.5, 0.6) is 0 Å². The van der Waals surface area contributed by atoms with Crippen molar-refractivity contribution < 1.29 is 0 Å². The molecule has 3 nitrogen and oxygen atoms in total. The van der Waals surface area contributed by atoms with Crippen molar-refractivity contribution in [3.63, 3.8) is 0 Å². The van der Waals surface area contributed by atoms with Gasteiger partial charge in [0.05, 0.1) is 0 Å². The molecule has 1 aliphatic rings. The molecule has 0 radical (unpaired) electrons. The maximum atomic E-state index is 5.15. The van der Waals surface area contributed by atoms with Gasteiger partial charge in [0.15, 0.2) is 17.5 Å². The zero-order valence-corrected chi connectivity index (χ0v) is 26.8. The zero-order chi connectivity index (χ0) is 32.6. The first-order valence-corrected chi connectivity index (χ1v) is 16.7. The second-order valence-electron chi connectivity index (χ2n) is 12.4. The van der Waals surface area contributed by atoms with Crippen LogP contribution in [-0.4, -0.2) is 15.0 Å². The Hall–Kier alpha value is -6.45. The summed E-state index contributed by atoms with van der Waals surface area (Å²) in [4.78, 5) is 15.3. The van der Waals surface area contributed by atoms with E-state index in [0.717, 1.165) is 28.7 Å². The normalized spacial score (nSPS) is 11.4. The number of rotatable bonds is 6. The lowest BCUT2D eigenvalue weighted by Crippen LogP contribution is -2.02. The quantitative estimate of drug-likeness (QED) is 0.181. The monoisotopic (exact) mass is 641 g/mol. The first-order valence-electron chi connectivity index (χ1n) is 16.7. The maximum absolute atomic E-state index is 5.15. The Morgan fingerprint density at radius 2 is 0.660 bits per heavy atom. The summed E-state index contributed by atoms with van der Waals surface area (Å²) in [6.45, 7) is 0. The molecule has 0 fully saturated rings. The molecule has 3 heteroatoms. The average Bonchev–Trinajstić information content (AvgIpc) is 3.58. The molecule has 9 rings (SSSR count). The van der Waals surface area contributed by atoms with Crippen LogP contribution in [0.15, 0.2) is 176 Å². The predicted molar refractivity (Wildman–Crippen MR) is 207 cm³/mol. The average molecular weight is 642 g/mol. The van der Waals surface area contributed by atoms with Gasteiger partial charge in [-0.05, 0) is 61.7 Å². The zero-order valence-electron chi connectivity index (χ0n) is 26.8. The fourth-order valence-electron chi connectivity index (χ4n) is 7.00. The van der Waals surface area contributed by atoms with Crippen molar-refractivity contribution in [2.75, 3.05) is 0 Å². The van der Waals surface area contributed by atoms with E-state index in [0.29, 0.717) is 17.5 Å². The molecule has 0 spiro atoms. The minimum Gasteiger partial charge on any atom is -0.208 e. The highest BCUT2D eigenvalue weighted by Gasteiger charge is 2.26. The van der Waals surface area contributed by atoms with Crippen LogP contribution in [0.1, 0.15) is 18.6 Å². The van der Waals surface area contributed by atoms with Gasteiger partial charge >= 0.3 is 0 Å². The van der Waals surface area contributed by atoms with E-state index < -0.39 is 0 Å². The Balaban J connectivity index is 0.00000361. The summed E-state index contributed by atoms with van der Waals surface area (Å²) in [5.41, 5.74) is 15.3. The first kappa shape index (κ1) is 30.9. The van der Waals surface area contributed by atoms with E-state index in [1.165, 1.54) is 50.1 Å². The minimum atomic E-state index is 0. The van der Waals surface area contributed by atoms with Crippen molar-refractivity contribution in [1.29, 1.82) is 0 Å². The number of nitrogens with zero attached hydrogens (tertiary/aromatic N) is 3. The molecule has 8 aromatic rings. The number of fused-ring (bicyclic) bond motifs is 3. The Kier molecular flexibility index (Phi) is 8.16. The summed E-state index contributed by atoms with van der Waals surface area (Å²) >= 11 is 0. The van der Waals surface area contributed by atoms with Crippen molar-refractivity contribution >= 4 is 0 Å². The van der Waals surface area contributed by atoms with Crippen LogP contribution in [0, 0.1) is 0 Å². The molecule has 238 valence electrons. The van der Waals surface area contributed by atoms with E-state index in [4.69, 9.17) is 15.0 Å². The van der Waals surface area contributed by atoms with Crippen molar-refractivity contribution in [3.8, 4) is 78.7 Å². The van der Waals surface area contributed by atoms with Gasteiger partial charge in [-0.1, -0.05) is 177 Å². The fraction of sp³-hybridized carbons (Fsp3) is 0.0426. The molecule has 1 aliphatic carbocycles. The fourth-order valence-corrected chi connectivity index (χ4v) is 7.00. The minimum absolute atomic E-state index is 0. The van der Waals surface area contributed by atoms with Gasteiger partial charge in [-0.2, -0.15) is 0 Å². The standard InChI is InChI=1S/C46H31N3.CH4/c1-4-13-31(14-5-1)33-25-27-35(28-26-33)45-47-44(34-17-8-3-9-18-34)48-46(49-45)41-24-12-23-40-39-22-11-21-38(42(39)30-43(40)41)37-20-10-19-36(29-37)32-15-6-2-7-16-32;/h1-29H,30H2;1H4. The van der Waals surface area contributed by atoms with Gasteiger partial charge < -0.3 is 0 Å². The molecular formula is C47H35N3. The van der Waals surface area contributed by atoms with Crippen LogP contribution < -0.4 is 0 Å². The van der Waals surface area contributed by atoms with E-state index in [1.807, 2.05) is 24.3 Å². The van der Waals surface area contributed by atoms with Crippen molar-refractivity contribution in [3.05, 3.63) is 187 Å². The highest BCUT2D eigenvalue weighted by Crippen LogP contribution is 2.45. The first-order chi connectivity index (χ1) is 24.3. The summed E-state index contributed by atoms with van der Waals surface area (Å²) < 4.78 is 0. The molecule has 0 atom stereocenters. The summed E-state index contributed by atoms with van der Waals surface area (Å²) in [5.74, 6) is 2.02. The Labute approximate surface area is 293 Å². The summed E-state index contributed by atoms with van der Waals surface area (Å²) in [6.07, 6.45) is 0.806. The highest BCUT2D eigenvalue weighted by molar-refractivity contribution is 5.89. The van der Waals surface area contributed by atoms with Crippen LogP contribution >= 0.6 is 0 Å². The van der Waals surface area contributed by atoms with Gasteiger partial charge in [-0.15, -0.1) is 0 Å². The van der Waals surface area contributed by atoms with Crippen LogP contribution in [0.2, 0.25) is 0 Å². The van der Waals surface area contributed by atoms with E-state index >= 15 is 0 Å². The van der Waals surface area contributed by atoms with Gasteiger partial charge in [0, 0.05) is 23.1 Å². The van der Waals surface area contributed by atoms with Gasteiger partial charge in [0.2, 0.25) is 0 Å². The molecule has 1 aromatic heterocycles. The molecule has 50 heavy (non-hydrogen) atoms. The van der Waals surface area contributed by atoms with Crippen LogP contribution in [0.3, 0.4) is 0 Å². The highest BCUT2D eigenvalue weighted by atomic mass is 15.0. The molecule has 1 heterocycles. The van der Waals surface area contributed by atoms with Gasteiger partial charge in [0.25, 0.3) is 0 Å². The maximum Gasteiger partial charge on any atom is 0.164 e. The third-order valence-corrected chi connectivity index (χ3v) is 9.43. The van der Waals surface area contributed by atoms with E-state index in [1.54, 1.807) is 0 Å². The van der Waals surface area contributed by atoms with E-state index in [2.05, 4.69) is 152 Å². The lowest BCUT2D eigenvalue weighted by Gasteiger charge is -2.12. The molecule has 0 saturated carbocycles. The lowest BCUT2D eigenvalue weighted by molar-refractivity contribution is 1.07. The van der Waals surface area contributed by atoms with Gasteiger partial charge in [-0.25, -0.2) is 15.0 Å². The van der Waals surface area contributed by atoms with E-state index in [-0.39, 0.29) is 7.43 Å². The van der Waals surface area contributed by atoms with Crippen molar-refractivity contribution in [1.82, 2.24) is 15.0 Å². The summed E-state index contributed by atoms with van der Waals surface area (Å²) in [7, 11) is 0. The van der Waals surface area contributed by atoms with Gasteiger partial charge in [0.1, 0.15) is 0 Å². The molecule has 0 unspecified atom stereocenters. The molecule has 7 aromatic carbocycles. The van der Waals surface area contributed by atoms with Crippen molar-refractivity contribution in [2.45, 2.75) is 13.8 Å². The number of aromatic nitrogens is 3. The third-order valence-electron chi connectivity index (χ3n) is 9.43. The summed E-state index contributed by atoms with van der Waals surface area (Å²) in [6, 6.07) is 61.8. The van der Waals surface area contributed by atoms with E-state index in [9.17, 15) is 0 Å². The molecule has 0 amide bonds. The number of hydrogen-bond acceptors (Lipinski definition) is 3. The predicted octanol–water partition coefficient (Wildman–Crippen LogP) is 12.1.